The Labute approximate surface area is 162 Å². The third-order valence-corrected chi connectivity index (χ3v) is 3.91. The third kappa shape index (κ3) is 5.03. The molecule has 146 valence electrons. The van der Waals surface area contributed by atoms with Crippen LogP contribution in [0.1, 0.15) is 19.4 Å². The summed E-state index contributed by atoms with van der Waals surface area (Å²) in [5.41, 5.74) is 1.35. The highest BCUT2D eigenvalue weighted by molar-refractivity contribution is 5.96. The van der Waals surface area contributed by atoms with E-state index >= 15 is 0 Å². The molecule has 0 radical (unpaired) electrons. The zero-order valence-corrected chi connectivity index (χ0v) is 15.6. The van der Waals surface area contributed by atoms with Crippen molar-refractivity contribution in [1.29, 1.82) is 0 Å². The number of carbonyl (C=O) groups excluding carboxylic acids is 2. The van der Waals surface area contributed by atoms with E-state index in [2.05, 4.69) is 5.32 Å². The molecule has 1 aliphatic rings. The van der Waals surface area contributed by atoms with Gasteiger partial charge in [0.2, 0.25) is 6.79 Å². The molecule has 0 aliphatic carbocycles. The van der Waals surface area contributed by atoms with Gasteiger partial charge >= 0.3 is 5.97 Å². The highest BCUT2D eigenvalue weighted by Gasteiger charge is 2.19. The summed E-state index contributed by atoms with van der Waals surface area (Å²) in [7, 11) is 0. The van der Waals surface area contributed by atoms with Gasteiger partial charge in [0, 0.05) is 17.8 Å². The molecule has 3 rings (SSSR count). The SMILES string of the molecule is CCOc1ccc(/C=C/C(=O)O[C@@H](C)C(=O)Nc2ccc3c(c2)OCO3)cc1. The van der Waals surface area contributed by atoms with Gasteiger partial charge in [0.15, 0.2) is 17.6 Å². The number of carbonyl (C=O) groups is 2. The lowest BCUT2D eigenvalue weighted by Gasteiger charge is -2.12. The number of ether oxygens (including phenoxy) is 4. The second kappa shape index (κ2) is 8.94. The van der Waals surface area contributed by atoms with Crippen molar-refractivity contribution in [3.05, 3.63) is 54.1 Å². The van der Waals surface area contributed by atoms with Crippen LogP contribution in [-0.4, -0.2) is 31.4 Å². The first-order valence-electron chi connectivity index (χ1n) is 8.87. The molecule has 0 saturated heterocycles. The molecule has 7 heteroatoms. The molecule has 1 aliphatic heterocycles. The van der Waals surface area contributed by atoms with Crippen LogP contribution in [0.25, 0.3) is 6.08 Å². The van der Waals surface area contributed by atoms with E-state index in [1.807, 2.05) is 31.2 Å². The lowest BCUT2D eigenvalue weighted by atomic mass is 10.2. The minimum absolute atomic E-state index is 0.154. The number of benzene rings is 2. The number of fused-ring (bicyclic) bond motifs is 1. The summed E-state index contributed by atoms with van der Waals surface area (Å²) in [6.45, 7) is 4.16. The van der Waals surface area contributed by atoms with E-state index in [0.29, 0.717) is 23.8 Å². The van der Waals surface area contributed by atoms with Crippen LogP contribution >= 0.6 is 0 Å². The van der Waals surface area contributed by atoms with Gasteiger partial charge in [0.05, 0.1) is 6.61 Å². The molecule has 7 nitrogen and oxygen atoms in total. The van der Waals surface area contributed by atoms with Crippen molar-refractivity contribution in [2.75, 3.05) is 18.7 Å². The number of hydrogen-bond donors (Lipinski definition) is 1. The monoisotopic (exact) mass is 383 g/mol. The highest BCUT2D eigenvalue weighted by atomic mass is 16.7. The van der Waals surface area contributed by atoms with E-state index < -0.39 is 18.0 Å². The second-order valence-electron chi connectivity index (χ2n) is 5.97. The average Bonchev–Trinajstić information content (AvgIpc) is 3.15. The number of hydrogen-bond acceptors (Lipinski definition) is 6. The predicted octanol–water partition coefficient (Wildman–Crippen LogP) is 3.40. The molecular formula is C21H21NO6. The van der Waals surface area contributed by atoms with Gasteiger partial charge in [0.1, 0.15) is 5.75 Å². The van der Waals surface area contributed by atoms with Crippen LogP contribution < -0.4 is 19.5 Å². The Bertz CT molecular complexity index is 875. The summed E-state index contributed by atoms with van der Waals surface area (Å²) >= 11 is 0. The van der Waals surface area contributed by atoms with E-state index in [4.69, 9.17) is 18.9 Å². The number of anilines is 1. The molecule has 2 aromatic rings. The summed E-state index contributed by atoms with van der Waals surface area (Å²) in [4.78, 5) is 24.2. The van der Waals surface area contributed by atoms with E-state index in [1.54, 1.807) is 24.3 Å². The maximum Gasteiger partial charge on any atom is 0.331 e. The fraction of sp³-hybridized carbons (Fsp3) is 0.238. The first kappa shape index (κ1) is 19.3. The van der Waals surface area contributed by atoms with Crippen LogP contribution in [0.5, 0.6) is 17.2 Å². The van der Waals surface area contributed by atoms with Gasteiger partial charge in [-0.15, -0.1) is 0 Å². The first-order chi connectivity index (χ1) is 13.5. The molecule has 0 unspecified atom stereocenters. The minimum Gasteiger partial charge on any atom is -0.494 e. The zero-order valence-electron chi connectivity index (χ0n) is 15.6. The molecule has 1 atom stereocenters. The summed E-state index contributed by atoms with van der Waals surface area (Å²) in [6, 6.07) is 12.3. The lowest BCUT2D eigenvalue weighted by Crippen LogP contribution is -2.29. The van der Waals surface area contributed by atoms with Crippen LogP contribution in [0, 0.1) is 0 Å². The van der Waals surface area contributed by atoms with Crippen molar-refractivity contribution in [2.45, 2.75) is 20.0 Å². The lowest BCUT2D eigenvalue weighted by molar-refractivity contribution is -0.148. The van der Waals surface area contributed by atoms with E-state index in [-0.39, 0.29) is 6.79 Å². The molecule has 0 aromatic heterocycles. The number of amides is 1. The van der Waals surface area contributed by atoms with Gasteiger partial charge in [0.25, 0.3) is 5.91 Å². The summed E-state index contributed by atoms with van der Waals surface area (Å²) < 4.78 is 21.0. The fourth-order valence-corrected chi connectivity index (χ4v) is 2.49. The van der Waals surface area contributed by atoms with Crippen molar-refractivity contribution in [3.8, 4) is 17.2 Å². The topological polar surface area (TPSA) is 83.1 Å². The Morgan fingerprint density at radius 2 is 1.89 bits per heavy atom. The maximum atomic E-state index is 12.2. The Morgan fingerprint density at radius 3 is 2.64 bits per heavy atom. The van der Waals surface area contributed by atoms with Gasteiger partial charge < -0.3 is 24.3 Å². The largest absolute Gasteiger partial charge is 0.494 e. The Morgan fingerprint density at radius 1 is 1.14 bits per heavy atom. The molecule has 0 saturated carbocycles. The number of esters is 1. The summed E-state index contributed by atoms with van der Waals surface area (Å²) in [6.07, 6.45) is 1.93. The quantitative estimate of drug-likeness (QED) is 0.583. The Kier molecular flexibility index (Phi) is 6.16. The van der Waals surface area contributed by atoms with Crippen molar-refractivity contribution in [1.82, 2.24) is 0 Å². The van der Waals surface area contributed by atoms with E-state index in [9.17, 15) is 9.59 Å². The average molecular weight is 383 g/mol. The zero-order chi connectivity index (χ0) is 19.9. The summed E-state index contributed by atoms with van der Waals surface area (Å²) in [5, 5.41) is 2.68. The van der Waals surface area contributed by atoms with Crippen LogP contribution in [0.15, 0.2) is 48.5 Å². The summed E-state index contributed by atoms with van der Waals surface area (Å²) in [5.74, 6) is 0.887. The highest BCUT2D eigenvalue weighted by Crippen LogP contribution is 2.34. The normalized spacial score (nSPS) is 13.2. The first-order valence-corrected chi connectivity index (χ1v) is 8.87. The molecule has 1 heterocycles. The van der Waals surface area contributed by atoms with Crippen molar-refractivity contribution in [3.63, 3.8) is 0 Å². The van der Waals surface area contributed by atoms with Gasteiger partial charge in [-0.1, -0.05) is 12.1 Å². The molecule has 1 amide bonds. The van der Waals surface area contributed by atoms with E-state index in [1.165, 1.54) is 13.0 Å². The molecular weight excluding hydrogens is 362 g/mol. The molecule has 0 bridgehead atoms. The minimum atomic E-state index is -0.956. The van der Waals surface area contributed by atoms with Gasteiger partial charge in [-0.05, 0) is 49.8 Å². The van der Waals surface area contributed by atoms with Crippen LogP contribution in [0.3, 0.4) is 0 Å². The van der Waals surface area contributed by atoms with E-state index in [0.717, 1.165) is 11.3 Å². The van der Waals surface area contributed by atoms with Crippen LogP contribution in [-0.2, 0) is 14.3 Å². The number of rotatable bonds is 7. The van der Waals surface area contributed by atoms with Crippen LogP contribution in [0.2, 0.25) is 0 Å². The second-order valence-corrected chi connectivity index (χ2v) is 5.97. The standard InChI is InChI=1S/C21H21NO6/c1-3-25-17-8-4-15(5-9-17)6-11-20(23)28-14(2)21(24)22-16-7-10-18-19(12-16)27-13-26-18/h4-12,14H,3,13H2,1-2H3,(H,22,24)/b11-6+/t14-/m0/s1. The predicted molar refractivity (Wildman–Crippen MR) is 103 cm³/mol. The molecule has 1 N–H and O–H groups in total. The maximum absolute atomic E-state index is 12.2. The van der Waals surface area contributed by atoms with Crippen LogP contribution in [0.4, 0.5) is 5.69 Å². The van der Waals surface area contributed by atoms with Crippen molar-refractivity contribution < 1.29 is 28.5 Å². The Balaban J connectivity index is 1.51. The smallest absolute Gasteiger partial charge is 0.331 e. The van der Waals surface area contributed by atoms with Gasteiger partial charge in [-0.25, -0.2) is 4.79 Å². The Hall–Kier alpha value is -3.48. The molecule has 28 heavy (non-hydrogen) atoms. The molecule has 2 aromatic carbocycles. The molecule has 0 fully saturated rings. The molecule has 0 spiro atoms. The van der Waals surface area contributed by atoms with Gasteiger partial charge in [-0.2, -0.15) is 0 Å². The third-order valence-electron chi connectivity index (χ3n) is 3.91. The van der Waals surface area contributed by atoms with Crippen molar-refractivity contribution >= 4 is 23.6 Å². The van der Waals surface area contributed by atoms with Gasteiger partial charge in [-0.3, -0.25) is 4.79 Å². The van der Waals surface area contributed by atoms with Crippen molar-refractivity contribution in [2.24, 2.45) is 0 Å². The fourth-order valence-electron chi connectivity index (χ4n) is 2.49. The number of nitrogens with one attached hydrogen (secondary N) is 1.